The van der Waals surface area contributed by atoms with Crippen molar-refractivity contribution >= 4 is 16.6 Å². The Labute approximate surface area is 153 Å². The number of fused-ring (bicyclic) bond motifs is 1. The van der Waals surface area contributed by atoms with Crippen molar-refractivity contribution in [2.24, 2.45) is 0 Å². The number of rotatable bonds is 4. The van der Waals surface area contributed by atoms with Gasteiger partial charge >= 0.3 is 0 Å². The predicted molar refractivity (Wildman–Crippen MR) is 104 cm³/mol. The Bertz CT molecular complexity index is 1090. The molecule has 128 valence electrons. The molecular formula is C23H21N2O+. The molecule has 26 heavy (non-hydrogen) atoms. The zero-order valence-electron chi connectivity index (χ0n) is 15.0. The van der Waals surface area contributed by atoms with Gasteiger partial charge in [-0.2, -0.15) is 4.57 Å². The third kappa shape index (κ3) is 2.92. The highest BCUT2D eigenvalue weighted by Crippen LogP contribution is 2.21. The first-order valence-corrected chi connectivity index (χ1v) is 8.79. The van der Waals surface area contributed by atoms with Gasteiger partial charge in [0.15, 0.2) is 12.4 Å². The Hall–Kier alpha value is -3.20. The van der Waals surface area contributed by atoms with Crippen molar-refractivity contribution in [1.82, 2.24) is 4.57 Å². The first-order valence-electron chi connectivity index (χ1n) is 8.79. The molecule has 0 aliphatic carbocycles. The van der Waals surface area contributed by atoms with E-state index in [4.69, 9.17) is 0 Å². The fourth-order valence-corrected chi connectivity index (χ4v) is 3.55. The summed E-state index contributed by atoms with van der Waals surface area (Å²) in [6, 6.07) is 22.4. The molecule has 0 unspecified atom stereocenters. The third-order valence-corrected chi connectivity index (χ3v) is 4.82. The van der Waals surface area contributed by atoms with Crippen LogP contribution < -0.4 is 4.57 Å². The smallest absolute Gasteiger partial charge is 0.229 e. The molecule has 0 spiro atoms. The van der Waals surface area contributed by atoms with Gasteiger partial charge in [-0.05, 0) is 43.5 Å². The number of hydrogen-bond acceptors (Lipinski definition) is 1. The molecule has 0 bridgehead atoms. The normalized spacial score (nSPS) is 11.0. The van der Waals surface area contributed by atoms with Crippen molar-refractivity contribution in [2.75, 3.05) is 0 Å². The molecule has 2 heterocycles. The van der Waals surface area contributed by atoms with Crippen LogP contribution in [0.25, 0.3) is 16.5 Å². The number of carbonyl (C=O) groups is 1. The Kier molecular flexibility index (Phi) is 4.13. The average molecular weight is 341 g/mol. The number of pyridine rings is 1. The van der Waals surface area contributed by atoms with Gasteiger partial charge in [0.2, 0.25) is 12.3 Å². The fraction of sp³-hybridized carbons (Fsp3) is 0.130. The molecule has 0 radical (unpaired) electrons. The number of nitrogens with zero attached hydrogens (tertiary/aromatic N) is 2. The van der Waals surface area contributed by atoms with Crippen LogP contribution in [0.15, 0.2) is 79.1 Å². The van der Waals surface area contributed by atoms with E-state index < -0.39 is 0 Å². The zero-order chi connectivity index (χ0) is 18.1. The van der Waals surface area contributed by atoms with E-state index >= 15 is 0 Å². The topological polar surface area (TPSA) is 25.9 Å². The van der Waals surface area contributed by atoms with Crippen LogP contribution in [-0.2, 0) is 6.54 Å². The number of aryl methyl sites for hydroxylation is 1. The molecule has 0 saturated carbocycles. The second-order valence-electron chi connectivity index (χ2n) is 6.63. The fourth-order valence-electron chi connectivity index (χ4n) is 3.55. The number of Topliss-reactive ketones (excluding diaryl/α,β-unsaturated/α-hetero) is 1. The molecule has 0 aliphatic heterocycles. The quantitative estimate of drug-likeness (QED) is 0.399. The highest BCUT2D eigenvalue weighted by Gasteiger charge is 2.19. The van der Waals surface area contributed by atoms with Crippen LogP contribution in [0.5, 0.6) is 0 Å². The lowest BCUT2D eigenvalue weighted by Gasteiger charge is -2.09. The second kappa shape index (κ2) is 6.60. The van der Waals surface area contributed by atoms with E-state index in [0.717, 1.165) is 28.0 Å². The standard InChI is InChI=1S/C23H21N2O/c1-17-14-22(18(2)25(17)21-10-4-3-5-11-21)23(26)16-24-13-12-19-8-6-7-9-20(19)15-24/h3-15H,16H2,1-2H3/q+1. The zero-order valence-corrected chi connectivity index (χ0v) is 15.0. The van der Waals surface area contributed by atoms with Gasteiger partial charge in [-0.1, -0.05) is 36.4 Å². The molecule has 0 N–H and O–H groups in total. The van der Waals surface area contributed by atoms with Crippen LogP contribution in [0, 0.1) is 13.8 Å². The molecule has 0 saturated heterocycles. The summed E-state index contributed by atoms with van der Waals surface area (Å²) in [7, 11) is 0. The van der Waals surface area contributed by atoms with E-state index in [1.807, 2.05) is 67.2 Å². The minimum Gasteiger partial charge on any atom is -0.318 e. The Balaban J connectivity index is 1.66. The molecule has 4 aromatic rings. The summed E-state index contributed by atoms with van der Waals surface area (Å²) in [6.07, 6.45) is 4.00. The van der Waals surface area contributed by atoms with Crippen molar-refractivity contribution < 1.29 is 9.36 Å². The molecule has 0 atom stereocenters. The number of para-hydroxylation sites is 1. The number of hydrogen-bond donors (Lipinski definition) is 0. The Morgan fingerprint density at radius 2 is 1.62 bits per heavy atom. The van der Waals surface area contributed by atoms with Crippen LogP contribution >= 0.6 is 0 Å². The Morgan fingerprint density at radius 3 is 2.38 bits per heavy atom. The van der Waals surface area contributed by atoms with Gasteiger partial charge in [0.1, 0.15) is 0 Å². The molecule has 0 amide bonds. The maximum atomic E-state index is 12.9. The van der Waals surface area contributed by atoms with E-state index in [0.29, 0.717) is 6.54 Å². The maximum absolute atomic E-state index is 12.9. The molecular weight excluding hydrogens is 320 g/mol. The van der Waals surface area contributed by atoms with Gasteiger partial charge in [-0.3, -0.25) is 4.79 Å². The lowest BCUT2D eigenvalue weighted by atomic mass is 10.1. The maximum Gasteiger partial charge on any atom is 0.229 e. The van der Waals surface area contributed by atoms with E-state index in [1.54, 1.807) is 0 Å². The second-order valence-corrected chi connectivity index (χ2v) is 6.63. The summed E-state index contributed by atoms with van der Waals surface area (Å²) < 4.78 is 4.09. The van der Waals surface area contributed by atoms with Crippen molar-refractivity contribution in [3.05, 3.63) is 96.1 Å². The molecule has 3 nitrogen and oxygen atoms in total. The van der Waals surface area contributed by atoms with Crippen LogP contribution in [0.4, 0.5) is 0 Å². The monoisotopic (exact) mass is 341 g/mol. The van der Waals surface area contributed by atoms with Crippen molar-refractivity contribution in [1.29, 1.82) is 0 Å². The highest BCUT2D eigenvalue weighted by molar-refractivity contribution is 5.96. The predicted octanol–water partition coefficient (Wildman–Crippen LogP) is 4.42. The Morgan fingerprint density at radius 1 is 0.923 bits per heavy atom. The minimum absolute atomic E-state index is 0.126. The molecule has 2 aromatic heterocycles. The van der Waals surface area contributed by atoms with Crippen molar-refractivity contribution in [2.45, 2.75) is 20.4 Å². The third-order valence-electron chi connectivity index (χ3n) is 4.82. The molecule has 4 rings (SSSR count). The van der Waals surface area contributed by atoms with Crippen molar-refractivity contribution in [3.8, 4) is 5.69 Å². The van der Waals surface area contributed by atoms with Gasteiger partial charge in [-0.25, -0.2) is 0 Å². The van der Waals surface area contributed by atoms with Gasteiger partial charge < -0.3 is 4.57 Å². The van der Waals surface area contributed by atoms with Crippen LogP contribution in [-0.4, -0.2) is 10.4 Å². The van der Waals surface area contributed by atoms with Gasteiger partial charge in [0, 0.05) is 34.1 Å². The van der Waals surface area contributed by atoms with E-state index in [9.17, 15) is 4.79 Å². The first kappa shape index (κ1) is 16.3. The summed E-state index contributed by atoms with van der Waals surface area (Å²) in [5.74, 6) is 0.126. The molecule has 3 heteroatoms. The number of carbonyl (C=O) groups excluding carboxylic acids is 1. The van der Waals surface area contributed by atoms with Crippen molar-refractivity contribution in [3.63, 3.8) is 0 Å². The lowest BCUT2D eigenvalue weighted by Crippen LogP contribution is -2.37. The van der Waals surface area contributed by atoms with Crippen LogP contribution in [0.2, 0.25) is 0 Å². The van der Waals surface area contributed by atoms with E-state index in [1.165, 1.54) is 5.39 Å². The highest BCUT2D eigenvalue weighted by atomic mass is 16.1. The lowest BCUT2D eigenvalue weighted by molar-refractivity contribution is -0.681. The van der Waals surface area contributed by atoms with Crippen LogP contribution in [0.1, 0.15) is 21.7 Å². The van der Waals surface area contributed by atoms with Gasteiger partial charge in [0.25, 0.3) is 0 Å². The molecule has 2 aromatic carbocycles. The average Bonchev–Trinajstić information content (AvgIpc) is 2.96. The van der Waals surface area contributed by atoms with E-state index in [2.05, 4.69) is 34.9 Å². The molecule has 0 fully saturated rings. The minimum atomic E-state index is 0.126. The summed E-state index contributed by atoms with van der Waals surface area (Å²) >= 11 is 0. The number of aromatic nitrogens is 2. The first-order chi connectivity index (χ1) is 12.6. The van der Waals surface area contributed by atoms with Crippen LogP contribution in [0.3, 0.4) is 0 Å². The summed E-state index contributed by atoms with van der Waals surface area (Å²) in [5.41, 5.74) is 3.92. The number of ketones is 1. The summed E-state index contributed by atoms with van der Waals surface area (Å²) in [4.78, 5) is 12.9. The van der Waals surface area contributed by atoms with Gasteiger partial charge in [0.05, 0.1) is 0 Å². The number of benzene rings is 2. The van der Waals surface area contributed by atoms with E-state index in [-0.39, 0.29) is 5.78 Å². The molecule has 0 aliphatic rings. The largest absolute Gasteiger partial charge is 0.318 e. The summed E-state index contributed by atoms with van der Waals surface area (Å²) in [6.45, 7) is 4.39. The van der Waals surface area contributed by atoms with Gasteiger partial charge in [-0.15, -0.1) is 0 Å². The summed E-state index contributed by atoms with van der Waals surface area (Å²) in [5, 5.41) is 2.32. The SMILES string of the molecule is Cc1cc(C(=O)C[n+]2ccc3ccccc3c2)c(C)n1-c1ccccc1.